The maximum atomic E-state index is 5.55. The summed E-state index contributed by atoms with van der Waals surface area (Å²) in [5.41, 5.74) is 1.16. The second-order valence-electron chi connectivity index (χ2n) is 3.75. The summed E-state index contributed by atoms with van der Waals surface area (Å²) < 4.78 is 6.62. The standard InChI is InChI=1S/C12H14BrN3O/c1-14-7-6-11-15-16-12(17-11)8-9-2-4-10(13)5-3-9/h2-5,14H,6-8H2,1H3. The van der Waals surface area contributed by atoms with Gasteiger partial charge < -0.3 is 9.73 Å². The summed E-state index contributed by atoms with van der Waals surface area (Å²) in [5.74, 6) is 1.35. The summed E-state index contributed by atoms with van der Waals surface area (Å²) in [7, 11) is 1.90. The lowest BCUT2D eigenvalue weighted by Crippen LogP contribution is -2.10. The van der Waals surface area contributed by atoms with E-state index in [1.165, 1.54) is 0 Å². The van der Waals surface area contributed by atoms with Crippen LogP contribution in [0.5, 0.6) is 0 Å². The maximum Gasteiger partial charge on any atom is 0.220 e. The zero-order valence-electron chi connectivity index (χ0n) is 9.61. The molecule has 90 valence electrons. The van der Waals surface area contributed by atoms with Gasteiger partial charge in [-0.15, -0.1) is 10.2 Å². The predicted octanol–water partition coefficient (Wildman–Crippen LogP) is 2.18. The average molecular weight is 296 g/mol. The summed E-state index contributed by atoms with van der Waals surface area (Å²) in [5, 5.41) is 11.1. The molecular formula is C12H14BrN3O. The molecule has 0 spiro atoms. The Balaban J connectivity index is 1.98. The zero-order valence-corrected chi connectivity index (χ0v) is 11.2. The van der Waals surface area contributed by atoms with Crippen LogP contribution in [0, 0.1) is 0 Å². The average Bonchev–Trinajstić information content (AvgIpc) is 2.77. The third kappa shape index (κ3) is 3.64. The molecule has 0 aliphatic carbocycles. The van der Waals surface area contributed by atoms with Gasteiger partial charge in [0, 0.05) is 17.4 Å². The van der Waals surface area contributed by atoms with Crippen molar-refractivity contribution in [2.75, 3.05) is 13.6 Å². The van der Waals surface area contributed by atoms with Crippen LogP contribution in [-0.4, -0.2) is 23.8 Å². The lowest BCUT2D eigenvalue weighted by molar-refractivity contribution is 0.454. The largest absolute Gasteiger partial charge is 0.425 e. The number of nitrogens with zero attached hydrogens (tertiary/aromatic N) is 2. The topological polar surface area (TPSA) is 51.0 Å². The van der Waals surface area contributed by atoms with Crippen LogP contribution in [0.1, 0.15) is 17.3 Å². The van der Waals surface area contributed by atoms with Crippen molar-refractivity contribution < 1.29 is 4.42 Å². The van der Waals surface area contributed by atoms with Crippen LogP contribution in [0.2, 0.25) is 0 Å². The van der Waals surface area contributed by atoms with Crippen LogP contribution < -0.4 is 5.32 Å². The number of halogens is 1. The van der Waals surface area contributed by atoms with Crippen molar-refractivity contribution in [3.63, 3.8) is 0 Å². The first-order valence-corrected chi connectivity index (χ1v) is 6.27. The highest BCUT2D eigenvalue weighted by molar-refractivity contribution is 9.10. The fourth-order valence-electron chi connectivity index (χ4n) is 1.47. The molecule has 17 heavy (non-hydrogen) atoms. The highest BCUT2D eigenvalue weighted by atomic mass is 79.9. The number of benzene rings is 1. The van der Waals surface area contributed by atoms with E-state index in [4.69, 9.17) is 4.42 Å². The molecule has 1 N–H and O–H groups in total. The summed E-state index contributed by atoms with van der Waals surface area (Å²) in [6, 6.07) is 8.10. The lowest BCUT2D eigenvalue weighted by Gasteiger charge is -1.97. The van der Waals surface area contributed by atoms with Crippen LogP contribution in [0.25, 0.3) is 0 Å². The van der Waals surface area contributed by atoms with Gasteiger partial charge in [0.2, 0.25) is 11.8 Å². The molecule has 0 bridgehead atoms. The van der Waals surface area contributed by atoms with E-state index < -0.39 is 0 Å². The quantitative estimate of drug-likeness (QED) is 0.919. The molecule has 0 radical (unpaired) electrons. The number of hydrogen-bond acceptors (Lipinski definition) is 4. The van der Waals surface area contributed by atoms with Gasteiger partial charge in [0.25, 0.3) is 0 Å². The second kappa shape index (κ2) is 5.93. The minimum Gasteiger partial charge on any atom is -0.425 e. The zero-order chi connectivity index (χ0) is 12.1. The highest BCUT2D eigenvalue weighted by Gasteiger charge is 2.06. The third-order valence-electron chi connectivity index (χ3n) is 2.37. The molecule has 4 nitrogen and oxygen atoms in total. The van der Waals surface area contributed by atoms with E-state index in [1.54, 1.807) is 0 Å². The van der Waals surface area contributed by atoms with Crippen molar-refractivity contribution >= 4 is 15.9 Å². The first-order chi connectivity index (χ1) is 8.28. The Morgan fingerprint density at radius 1 is 1.18 bits per heavy atom. The molecule has 0 fully saturated rings. The molecule has 0 unspecified atom stereocenters. The monoisotopic (exact) mass is 295 g/mol. The van der Waals surface area contributed by atoms with Gasteiger partial charge >= 0.3 is 0 Å². The van der Waals surface area contributed by atoms with E-state index in [0.717, 1.165) is 23.0 Å². The Bertz CT molecular complexity index is 467. The number of rotatable bonds is 5. The maximum absolute atomic E-state index is 5.55. The first kappa shape index (κ1) is 12.3. The van der Waals surface area contributed by atoms with Gasteiger partial charge in [-0.25, -0.2) is 0 Å². The smallest absolute Gasteiger partial charge is 0.220 e. The van der Waals surface area contributed by atoms with E-state index >= 15 is 0 Å². The Kier molecular flexibility index (Phi) is 4.28. The Morgan fingerprint density at radius 2 is 1.88 bits per heavy atom. The van der Waals surface area contributed by atoms with E-state index in [-0.39, 0.29) is 0 Å². The van der Waals surface area contributed by atoms with Gasteiger partial charge in [0.05, 0.1) is 6.42 Å². The minimum absolute atomic E-state index is 0.665. The van der Waals surface area contributed by atoms with Gasteiger partial charge in [-0.05, 0) is 24.7 Å². The van der Waals surface area contributed by atoms with E-state index in [0.29, 0.717) is 18.2 Å². The van der Waals surface area contributed by atoms with Gasteiger partial charge in [0.15, 0.2) is 0 Å². The molecule has 5 heteroatoms. The Morgan fingerprint density at radius 3 is 2.59 bits per heavy atom. The van der Waals surface area contributed by atoms with Crippen LogP contribution in [-0.2, 0) is 12.8 Å². The van der Waals surface area contributed by atoms with Crippen LogP contribution in [0.3, 0.4) is 0 Å². The van der Waals surface area contributed by atoms with Crippen molar-refractivity contribution in [3.05, 3.63) is 46.1 Å². The molecule has 0 aliphatic heterocycles. The van der Waals surface area contributed by atoms with Crippen LogP contribution >= 0.6 is 15.9 Å². The molecule has 1 aromatic heterocycles. The van der Waals surface area contributed by atoms with Crippen LogP contribution in [0.15, 0.2) is 33.2 Å². The fourth-order valence-corrected chi connectivity index (χ4v) is 1.73. The van der Waals surface area contributed by atoms with Gasteiger partial charge in [-0.3, -0.25) is 0 Å². The molecule has 0 saturated heterocycles. The summed E-state index contributed by atoms with van der Waals surface area (Å²) in [6.07, 6.45) is 1.45. The molecule has 1 aromatic carbocycles. The molecule has 2 rings (SSSR count). The molecular weight excluding hydrogens is 282 g/mol. The van der Waals surface area contributed by atoms with Crippen molar-refractivity contribution in [3.8, 4) is 0 Å². The molecule has 0 atom stereocenters. The van der Waals surface area contributed by atoms with Crippen molar-refractivity contribution in [1.29, 1.82) is 0 Å². The highest BCUT2D eigenvalue weighted by Crippen LogP contribution is 2.13. The van der Waals surface area contributed by atoms with Gasteiger partial charge in [0.1, 0.15) is 0 Å². The Hall–Kier alpha value is -1.20. The normalized spacial score (nSPS) is 10.7. The molecule has 2 aromatic rings. The van der Waals surface area contributed by atoms with E-state index in [9.17, 15) is 0 Å². The minimum atomic E-state index is 0.665. The number of aromatic nitrogens is 2. The number of likely N-dealkylation sites (N-methyl/N-ethyl adjacent to an activating group) is 1. The van der Waals surface area contributed by atoms with Crippen LogP contribution in [0.4, 0.5) is 0 Å². The second-order valence-corrected chi connectivity index (χ2v) is 4.66. The SMILES string of the molecule is CNCCc1nnc(Cc2ccc(Br)cc2)o1. The predicted molar refractivity (Wildman–Crippen MR) is 68.9 cm³/mol. The van der Waals surface area contributed by atoms with Crippen molar-refractivity contribution in [2.24, 2.45) is 0 Å². The first-order valence-electron chi connectivity index (χ1n) is 5.48. The third-order valence-corrected chi connectivity index (χ3v) is 2.89. The summed E-state index contributed by atoms with van der Waals surface area (Å²) in [6.45, 7) is 0.847. The lowest BCUT2D eigenvalue weighted by atomic mass is 10.1. The van der Waals surface area contributed by atoms with Gasteiger partial charge in [-0.2, -0.15) is 0 Å². The summed E-state index contributed by atoms with van der Waals surface area (Å²) in [4.78, 5) is 0. The van der Waals surface area contributed by atoms with E-state index in [2.05, 4.69) is 31.4 Å². The Labute approximate surface area is 109 Å². The fraction of sp³-hybridized carbons (Fsp3) is 0.333. The summed E-state index contributed by atoms with van der Waals surface area (Å²) >= 11 is 3.41. The van der Waals surface area contributed by atoms with E-state index in [1.807, 2.05) is 31.3 Å². The molecule has 0 amide bonds. The van der Waals surface area contributed by atoms with Crippen molar-refractivity contribution in [2.45, 2.75) is 12.8 Å². The van der Waals surface area contributed by atoms with Gasteiger partial charge in [-0.1, -0.05) is 28.1 Å². The van der Waals surface area contributed by atoms with Crippen molar-refractivity contribution in [1.82, 2.24) is 15.5 Å². The molecule has 0 saturated carbocycles. The molecule has 1 heterocycles. The number of nitrogens with one attached hydrogen (secondary N) is 1. The molecule has 0 aliphatic rings. The number of hydrogen-bond donors (Lipinski definition) is 1.